The summed E-state index contributed by atoms with van der Waals surface area (Å²) in [6, 6.07) is 10.4. The largest absolute Gasteiger partial charge is 0.478 e. The lowest BCUT2D eigenvalue weighted by atomic mass is 9.91. The van der Waals surface area contributed by atoms with Crippen LogP contribution in [0.5, 0.6) is 0 Å². The molecule has 7 heteroatoms. The quantitative estimate of drug-likeness (QED) is 0.637. The van der Waals surface area contributed by atoms with Crippen LogP contribution in [0, 0.1) is 0 Å². The van der Waals surface area contributed by atoms with Gasteiger partial charge in [-0.05, 0) is 38.3 Å². The highest BCUT2D eigenvalue weighted by Gasteiger charge is 2.40. The van der Waals surface area contributed by atoms with Gasteiger partial charge >= 0.3 is 11.9 Å². The lowest BCUT2D eigenvalue weighted by Gasteiger charge is -2.35. The van der Waals surface area contributed by atoms with Crippen molar-refractivity contribution < 1.29 is 19.8 Å². The Balaban J connectivity index is 0.000000221. The summed E-state index contributed by atoms with van der Waals surface area (Å²) in [5.74, 6) is -1.80. The van der Waals surface area contributed by atoms with Crippen molar-refractivity contribution in [3.63, 3.8) is 0 Å². The smallest absolute Gasteiger partial charge is 0.328 e. The first-order chi connectivity index (χ1) is 13.9. The molecule has 1 aliphatic carbocycles. The van der Waals surface area contributed by atoms with Gasteiger partial charge in [-0.15, -0.1) is 11.3 Å². The monoisotopic (exact) mass is 412 g/mol. The minimum absolute atomic E-state index is 0.558. The van der Waals surface area contributed by atoms with Crippen LogP contribution in [-0.2, 0) is 16.0 Å². The van der Waals surface area contributed by atoms with Gasteiger partial charge in [0, 0.05) is 47.0 Å². The van der Waals surface area contributed by atoms with Crippen LogP contribution in [-0.4, -0.2) is 51.2 Å². The van der Waals surface area contributed by atoms with E-state index >= 15 is 0 Å². The molecule has 2 fully saturated rings. The molecule has 2 N–H and O–H groups in total. The molecule has 3 atom stereocenters. The van der Waals surface area contributed by atoms with Gasteiger partial charge in [0.1, 0.15) is 0 Å². The normalized spacial score (nSPS) is 24.7. The summed E-state index contributed by atoms with van der Waals surface area (Å²) in [6.07, 6.45) is 7.65. The molecule has 0 spiro atoms. The van der Waals surface area contributed by atoms with Crippen molar-refractivity contribution >= 4 is 23.3 Å². The van der Waals surface area contributed by atoms with E-state index in [0.29, 0.717) is 18.1 Å². The summed E-state index contributed by atoms with van der Waals surface area (Å²) < 4.78 is 0. The highest BCUT2D eigenvalue weighted by Crippen LogP contribution is 2.46. The molecule has 2 bridgehead atoms. The molecule has 3 aliphatic rings. The predicted octanol–water partition coefficient (Wildman–Crippen LogP) is 3.77. The molecule has 152 valence electrons. The topological polar surface area (TPSA) is 90.7 Å². The average Bonchev–Trinajstić information content (AvgIpc) is 3.29. The second-order valence-corrected chi connectivity index (χ2v) is 9.00. The molecule has 2 aromatic rings. The fraction of sp³-hybridized carbons (Fsp3) is 0.409. The Morgan fingerprint density at radius 1 is 1.10 bits per heavy atom. The van der Waals surface area contributed by atoms with E-state index in [-0.39, 0.29) is 0 Å². The first kappa shape index (κ1) is 19.8. The third kappa shape index (κ3) is 4.11. The number of benzene rings is 1. The van der Waals surface area contributed by atoms with Crippen LogP contribution < -0.4 is 0 Å². The Morgan fingerprint density at radius 3 is 2.34 bits per heavy atom. The molecular formula is C22H24N2O4S. The number of nitrogens with zero attached hydrogens (tertiary/aromatic N) is 2. The van der Waals surface area contributed by atoms with Crippen LogP contribution in [0.1, 0.15) is 47.0 Å². The molecule has 1 aromatic carbocycles. The molecule has 0 radical (unpaired) electrons. The van der Waals surface area contributed by atoms with Crippen molar-refractivity contribution in [2.45, 2.75) is 50.1 Å². The average molecular weight is 413 g/mol. The first-order valence-corrected chi connectivity index (χ1v) is 10.7. The van der Waals surface area contributed by atoms with Crippen molar-refractivity contribution in [3.8, 4) is 11.3 Å². The molecule has 6 nitrogen and oxygen atoms in total. The van der Waals surface area contributed by atoms with E-state index in [4.69, 9.17) is 15.2 Å². The number of hydrogen-bond donors (Lipinski definition) is 2. The maximum atomic E-state index is 9.55. The number of thiazole rings is 1. The second kappa shape index (κ2) is 8.08. The first-order valence-electron chi connectivity index (χ1n) is 9.86. The van der Waals surface area contributed by atoms with Crippen LogP contribution in [0.4, 0.5) is 0 Å². The number of piperidine rings is 1. The van der Waals surface area contributed by atoms with E-state index in [2.05, 4.69) is 36.2 Å². The van der Waals surface area contributed by atoms with Gasteiger partial charge in [-0.2, -0.15) is 0 Å². The van der Waals surface area contributed by atoms with Gasteiger partial charge < -0.3 is 15.1 Å². The maximum absolute atomic E-state index is 9.55. The summed E-state index contributed by atoms with van der Waals surface area (Å²) >= 11 is 1.99. The highest BCUT2D eigenvalue weighted by molar-refractivity contribution is 7.12. The summed E-state index contributed by atoms with van der Waals surface area (Å²) in [6.45, 7) is 0. The van der Waals surface area contributed by atoms with E-state index in [1.807, 2.05) is 11.3 Å². The molecule has 2 saturated heterocycles. The number of carbonyl (C=O) groups is 2. The number of aromatic nitrogens is 1. The third-order valence-corrected chi connectivity index (χ3v) is 7.37. The summed E-state index contributed by atoms with van der Waals surface area (Å²) in [4.78, 5) is 28.3. The zero-order valence-electron chi connectivity index (χ0n) is 16.2. The third-order valence-electron chi connectivity index (χ3n) is 6.15. The Labute approximate surface area is 173 Å². The Morgan fingerprint density at radius 2 is 1.72 bits per heavy atom. The van der Waals surface area contributed by atoms with Crippen LogP contribution in [0.3, 0.4) is 0 Å². The molecular weight excluding hydrogens is 388 g/mol. The van der Waals surface area contributed by atoms with Gasteiger partial charge in [-0.25, -0.2) is 14.6 Å². The maximum Gasteiger partial charge on any atom is 0.328 e. The van der Waals surface area contributed by atoms with Gasteiger partial charge in [0.05, 0.1) is 10.7 Å². The fourth-order valence-electron chi connectivity index (χ4n) is 4.71. The second-order valence-electron chi connectivity index (χ2n) is 7.89. The lowest BCUT2D eigenvalue weighted by molar-refractivity contribution is -0.134. The number of carboxylic acid groups (broad SMARTS) is 2. The minimum Gasteiger partial charge on any atom is -0.478 e. The fourth-order valence-corrected chi connectivity index (χ4v) is 5.94. The molecule has 0 amide bonds. The van der Waals surface area contributed by atoms with Crippen molar-refractivity contribution in [2.75, 3.05) is 7.05 Å². The molecule has 5 rings (SSSR count). The van der Waals surface area contributed by atoms with E-state index < -0.39 is 11.9 Å². The Kier molecular flexibility index (Phi) is 5.52. The van der Waals surface area contributed by atoms with Gasteiger partial charge in [0.25, 0.3) is 0 Å². The Bertz CT molecular complexity index is 937. The predicted molar refractivity (Wildman–Crippen MR) is 111 cm³/mol. The molecule has 1 aromatic heterocycles. The van der Waals surface area contributed by atoms with Gasteiger partial charge in [0.2, 0.25) is 0 Å². The van der Waals surface area contributed by atoms with Crippen LogP contribution in [0.2, 0.25) is 0 Å². The molecule has 2 aliphatic heterocycles. The molecule has 1 unspecified atom stereocenters. The van der Waals surface area contributed by atoms with Crippen LogP contribution in [0.25, 0.3) is 11.3 Å². The van der Waals surface area contributed by atoms with E-state index in [1.54, 1.807) is 0 Å². The molecule has 3 heterocycles. The number of aliphatic carboxylic acids is 2. The van der Waals surface area contributed by atoms with E-state index in [0.717, 1.165) is 18.5 Å². The molecule has 29 heavy (non-hydrogen) atoms. The zero-order chi connectivity index (χ0) is 20.5. The number of fused-ring (bicyclic) bond motifs is 5. The molecule has 0 saturated carbocycles. The lowest BCUT2D eigenvalue weighted by Crippen LogP contribution is -2.39. The zero-order valence-corrected chi connectivity index (χ0v) is 17.1. The SMILES string of the molecule is CN1[C@@H]2CC[C@H]1CC(c1nc3c(s1)Cc1ccccc1-3)C2.O=C(O)/C=C/C(=O)O. The van der Waals surface area contributed by atoms with Crippen molar-refractivity contribution in [1.29, 1.82) is 0 Å². The summed E-state index contributed by atoms with van der Waals surface area (Å²) in [5.41, 5.74) is 4.13. The summed E-state index contributed by atoms with van der Waals surface area (Å²) in [7, 11) is 2.32. The minimum atomic E-state index is -1.26. The standard InChI is InChI=1S/C18H20N2S.C4H4O4/c1-20-13-6-7-14(20)9-12(8-13)18-19-17-15-5-3-2-4-11(15)10-16(17)21-18;5-3(6)1-2-4(7)8/h2-5,12-14H,6-10H2,1H3;1-2H,(H,5,6)(H,7,8)/b;2-1+/t12?,13-,14+;. The number of rotatable bonds is 3. The van der Waals surface area contributed by atoms with Crippen molar-refractivity contribution in [1.82, 2.24) is 9.88 Å². The Hall–Kier alpha value is -2.51. The van der Waals surface area contributed by atoms with E-state index in [1.165, 1.54) is 52.4 Å². The highest BCUT2D eigenvalue weighted by atomic mass is 32.1. The number of carboxylic acids is 2. The van der Waals surface area contributed by atoms with Crippen LogP contribution >= 0.6 is 11.3 Å². The van der Waals surface area contributed by atoms with Gasteiger partial charge in [-0.3, -0.25) is 0 Å². The van der Waals surface area contributed by atoms with Gasteiger partial charge in [0.15, 0.2) is 0 Å². The number of hydrogen-bond acceptors (Lipinski definition) is 5. The van der Waals surface area contributed by atoms with Crippen molar-refractivity contribution in [3.05, 3.63) is 51.9 Å². The van der Waals surface area contributed by atoms with Crippen LogP contribution in [0.15, 0.2) is 36.4 Å². The summed E-state index contributed by atoms with van der Waals surface area (Å²) in [5, 5.41) is 17.0. The van der Waals surface area contributed by atoms with Crippen molar-refractivity contribution in [2.24, 2.45) is 0 Å². The van der Waals surface area contributed by atoms with Gasteiger partial charge in [-0.1, -0.05) is 24.3 Å². The van der Waals surface area contributed by atoms with E-state index in [9.17, 15) is 9.59 Å².